The number of sulfone groups is 1. The Morgan fingerprint density at radius 1 is 1.29 bits per heavy atom. The van der Waals surface area contributed by atoms with Gasteiger partial charge in [0.1, 0.15) is 34.4 Å². The quantitative estimate of drug-likeness (QED) is 0.845. The summed E-state index contributed by atoms with van der Waals surface area (Å²) < 4.78 is 53.3. The van der Waals surface area contributed by atoms with Crippen molar-refractivity contribution < 1.29 is 17.2 Å². The number of anilines is 1. The summed E-state index contributed by atoms with van der Waals surface area (Å²) in [4.78, 5) is 2.83. The Bertz CT molecular complexity index is 735. The summed E-state index contributed by atoms with van der Waals surface area (Å²) in [6.07, 6.45) is 1.93. The molecular weight excluding hydrogens is 302 g/mol. The molecule has 0 aliphatic rings. The van der Waals surface area contributed by atoms with E-state index in [2.05, 4.69) is 10.1 Å². The van der Waals surface area contributed by atoms with Gasteiger partial charge in [0.2, 0.25) is 0 Å². The van der Waals surface area contributed by atoms with Crippen LogP contribution in [-0.2, 0) is 22.1 Å². The van der Waals surface area contributed by atoms with Crippen molar-refractivity contribution in [2.24, 2.45) is 0 Å². The highest BCUT2D eigenvalue weighted by Gasteiger charge is 2.27. The van der Waals surface area contributed by atoms with E-state index in [1.807, 2.05) is 6.92 Å². The third-order valence-corrected chi connectivity index (χ3v) is 4.43. The zero-order chi connectivity index (χ0) is 15.6. The molecule has 0 radical (unpaired) electrons. The Kier molecular flexibility index (Phi) is 4.21. The number of nitrogens with zero attached hydrogens (tertiary/aromatic N) is 3. The number of rotatable bonds is 5. The maximum atomic E-state index is 13.7. The molecule has 2 rings (SSSR count). The molecule has 0 atom stereocenters. The average Bonchev–Trinajstić information content (AvgIpc) is 2.74. The van der Waals surface area contributed by atoms with Gasteiger partial charge < -0.3 is 5.73 Å². The van der Waals surface area contributed by atoms with Gasteiger partial charge >= 0.3 is 0 Å². The summed E-state index contributed by atoms with van der Waals surface area (Å²) in [6, 6.07) is 1.54. The van der Waals surface area contributed by atoms with Gasteiger partial charge in [-0.2, -0.15) is 5.10 Å². The maximum absolute atomic E-state index is 13.7. The highest BCUT2D eigenvalue weighted by atomic mass is 32.2. The molecule has 9 heteroatoms. The summed E-state index contributed by atoms with van der Waals surface area (Å²) in [5.41, 5.74) is 5.09. The van der Waals surface area contributed by atoms with Crippen molar-refractivity contribution >= 4 is 15.5 Å². The second kappa shape index (κ2) is 5.76. The fraction of sp³-hybridized carbons (Fsp3) is 0.333. The van der Waals surface area contributed by atoms with Crippen LogP contribution in [-0.4, -0.2) is 23.2 Å². The molecule has 21 heavy (non-hydrogen) atoms. The lowest BCUT2D eigenvalue weighted by Crippen LogP contribution is -2.15. The average molecular weight is 316 g/mol. The summed E-state index contributed by atoms with van der Waals surface area (Å²) in [5, 5.41) is 3.88. The van der Waals surface area contributed by atoms with E-state index in [9.17, 15) is 17.2 Å². The van der Waals surface area contributed by atoms with Crippen molar-refractivity contribution in [3.63, 3.8) is 0 Å². The number of benzene rings is 1. The zero-order valence-corrected chi connectivity index (χ0v) is 12.1. The van der Waals surface area contributed by atoms with E-state index in [0.717, 1.165) is 18.6 Å². The van der Waals surface area contributed by atoms with Crippen LogP contribution in [0.3, 0.4) is 0 Å². The number of aromatic nitrogens is 3. The minimum atomic E-state index is -4.23. The number of halogens is 2. The SMILES string of the molecule is CCCn1ncnc1CS(=O)(=O)c1c(F)cc(N)cc1F. The molecule has 2 N–H and O–H groups in total. The van der Waals surface area contributed by atoms with Crippen LogP contribution in [0, 0.1) is 11.6 Å². The van der Waals surface area contributed by atoms with Crippen LogP contribution in [0.15, 0.2) is 23.4 Å². The first-order valence-electron chi connectivity index (χ1n) is 6.19. The topological polar surface area (TPSA) is 90.9 Å². The molecule has 0 aliphatic carbocycles. The van der Waals surface area contributed by atoms with Crippen molar-refractivity contribution in [1.82, 2.24) is 14.8 Å². The highest BCUT2D eigenvalue weighted by molar-refractivity contribution is 7.90. The van der Waals surface area contributed by atoms with Crippen LogP contribution < -0.4 is 5.73 Å². The van der Waals surface area contributed by atoms with Gasteiger partial charge in [-0.15, -0.1) is 0 Å². The lowest BCUT2D eigenvalue weighted by atomic mass is 10.3. The van der Waals surface area contributed by atoms with Gasteiger partial charge in [-0.05, 0) is 18.6 Å². The highest BCUT2D eigenvalue weighted by Crippen LogP contribution is 2.24. The predicted octanol–water partition coefficient (Wildman–Crippen LogP) is 1.52. The number of hydrogen-bond donors (Lipinski definition) is 1. The molecule has 1 aromatic heterocycles. The third-order valence-electron chi connectivity index (χ3n) is 2.78. The number of nitrogen functional groups attached to an aromatic ring is 1. The van der Waals surface area contributed by atoms with Gasteiger partial charge in [0.25, 0.3) is 0 Å². The van der Waals surface area contributed by atoms with Crippen molar-refractivity contribution in [3.05, 3.63) is 35.9 Å². The Balaban J connectivity index is 2.41. The van der Waals surface area contributed by atoms with Crippen molar-refractivity contribution in [1.29, 1.82) is 0 Å². The summed E-state index contributed by atoms with van der Waals surface area (Å²) in [7, 11) is -4.23. The van der Waals surface area contributed by atoms with E-state index in [-0.39, 0.29) is 11.5 Å². The normalized spacial score (nSPS) is 11.8. The van der Waals surface area contributed by atoms with Gasteiger partial charge in [0.05, 0.1) is 0 Å². The standard InChI is InChI=1S/C12H14F2N4O2S/c1-2-3-18-11(16-7-17-18)6-21(19,20)12-9(13)4-8(15)5-10(12)14/h4-5,7H,2-3,6,15H2,1H3. The Labute approximate surface area is 120 Å². The molecule has 0 amide bonds. The van der Waals surface area contributed by atoms with Crippen molar-refractivity contribution in [2.45, 2.75) is 30.5 Å². The molecule has 0 fully saturated rings. The van der Waals surface area contributed by atoms with Gasteiger partial charge in [-0.3, -0.25) is 0 Å². The van der Waals surface area contributed by atoms with E-state index in [1.165, 1.54) is 11.0 Å². The molecule has 0 aliphatic heterocycles. The fourth-order valence-electron chi connectivity index (χ4n) is 1.92. The zero-order valence-electron chi connectivity index (χ0n) is 11.3. The number of aryl methyl sites for hydroxylation is 1. The first-order valence-corrected chi connectivity index (χ1v) is 7.84. The van der Waals surface area contributed by atoms with Crippen LogP contribution in [0.5, 0.6) is 0 Å². The Morgan fingerprint density at radius 3 is 2.48 bits per heavy atom. The molecule has 114 valence electrons. The first kappa shape index (κ1) is 15.4. The molecule has 0 bridgehead atoms. The molecule has 2 aromatic rings. The second-order valence-corrected chi connectivity index (χ2v) is 6.40. The third kappa shape index (κ3) is 3.18. The smallest absolute Gasteiger partial charge is 0.191 e. The van der Waals surface area contributed by atoms with Crippen molar-refractivity contribution in [2.75, 3.05) is 5.73 Å². The van der Waals surface area contributed by atoms with E-state index in [0.29, 0.717) is 6.54 Å². The lowest BCUT2D eigenvalue weighted by molar-refractivity contribution is 0.517. The fourth-order valence-corrected chi connectivity index (χ4v) is 3.34. The van der Waals surface area contributed by atoms with E-state index in [1.54, 1.807) is 0 Å². The Morgan fingerprint density at radius 2 is 1.90 bits per heavy atom. The summed E-state index contributed by atoms with van der Waals surface area (Å²) in [5.74, 6) is -2.93. The molecule has 0 unspecified atom stereocenters. The molecule has 6 nitrogen and oxygen atoms in total. The molecule has 0 saturated carbocycles. The second-order valence-electron chi connectivity index (χ2n) is 4.47. The molecule has 1 aromatic carbocycles. The van der Waals surface area contributed by atoms with Gasteiger partial charge in [-0.1, -0.05) is 6.92 Å². The molecular formula is C12H14F2N4O2S. The maximum Gasteiger partial charge on any atom is 0.191 e. The monoisotopic (exact) mass is 316 g/mol. The van der Waals surface area contributed by atoms with E-state index >= 15 is 0 Å². The number of hydrogen-bond acceptors (Lipinski definition) is 5. The van der Waals surface area contributed by atoms with Crippen LogP contribution in [0.25, 0.3) is 0 Å². The van der Waals surface area contributed by atoms with Crippen LogP contribution in [0.4, 0.5) is 14.5 Å². The van der Waals surface area contributed by atoms with Gasteiger partial charge in [0, 0.05) is 12.2 Å². The largest absolute Gasteiger partial charge is 0.399 e. The van der Waals surface area contributed by atoms with Gasteiger partial charge in [-0.25, -0.2) is 26.9 Å². The molecule has 0 saturated heterocycles. The lowest BCUT2D eigenvalue weighted by Gasteiger charge is -2.08. The summed E-state index contributed by atoms with van der Waals surface area (Å²) >= 11 is 0. The minimum Gasteiger partial charge on any atom is -0.399 e. The van der Waals surface area contributed by atoms with E-state index in [4.69, 9.17) is 5.73 Å². The van der Waals surface area contributed by atoms with Gasteiger partial charge in [0.15, 0.2) is 9.84 Å². The Hall–Kier alpha value is -2.03. The molecule has 1 heterocycles. The number of nitrogens with two attached hydrogens (primary N) is 1. The van der Waals surface area contributed by atoms with Crippen LogP contribution in [0.1, 0.15) is 19.2 Å². The molecule has 0 spiro atoms. The van der Waals surface area contributed by atoms with Crippen LogP contribution in [0.2, 0.25) is 0 Å². The van der Waals surface area contributed by atoms with E-state index < -0.39 is 32.1 Å². The summed E-state index contributed by atoms with van der Waals surface area (Å²) in [6.45, 7) is 2.36. The van der Waals surface area contributed by atoms with Crippen LogP contribution >= 0.6 is 0 Å². The predicted molar refractivity (Wildman–Crippen MR) is 72.0 cm³/mol. The minimum absolute atomic E-state index is 0.132. The van der Waals surface area contributed by atoms with Crippen molar-refractivity contribution in [3.8, 4) is 0 Å². The first-order chi connectivity index (χ1) is 9.85.